The van der Waals surface area contributed by atoms with Crippen molar-refractivity contribution in [2.45, 2.75) is 19.3 Å². The third kappa shape index (κ3) is 2.60. The molecule has 1 aromatic carbocycles. The molecule has 0 aliphatic rings. The summed E-state index contributed by atoms with van der Waals surface area (Å²) in [6.45, 7) is 1.93. The predicted molar refractivity (Wildman–Crippen MR) is 77.8 cm³/mol. The van der Waals surface area contributed by atoms with Crippen molar-refractivity contribution in [3.63, 3.8) is 0 Å². The number of halogens is 2. The molecule has 0 saturated carbocycles. The molecule has 0 N–H and O–H groups in total. The van der Waals surface area contributed by atoms with Crippen LogP contribution in [0, 0.1) is 17.1 Å². The molecule has 2 rings (SSSR count). The fraction of sp³-hybridized carbons (Fsp3) is 0.200. The molecule has 5 heteroatoms. The smallest absolute Gasteiger partial charge is 0.194 e. The summed E-state index contributed by atoms with van der Waals surface area (Å²) < 4.78 is 14.0. The van der Waals surface area contributed by atoms with Gasteiger partial charge in [-0.2, -0.15) is 5.26 Å². The average Bonchev–Trinajstić information content (AvgIpc) is 2.92. The largest absolute Gasteiger partial charge is 0.291 e. The molecule has 0 aliphatic heterocycles. The first-order valence-electron chi connectivity index (χ1n) is 6.04. The second kappa shape index (κ2) is 6.17. The van der Waals surface area contributed by atoms with E-state index in [2.05, 4.69) is 0 Å². The van der Waals surface area contributed by atoms with Gasteiger partial charge in [-0.05, 0) is 29.5 Å². The van der Waals surface area contributed by atoms with E-state index in [0.29, 0.717) is 11.3 Å². The van der Waals surface area contributed by atoms with Crippen LogP contribution in [0.25, 0.3) is 0 Å². The first kappa shape index (κ1) is 14.7. The maximum Gasteiger partial charge on any atom is 0.194 e. The molecule has 1 aromatic heterocycles. The van der Waals surface area contributed by atoms with Crippen LogP contribution in [0.3, 0.4) is 0 Å². The SMILES string of the molecule is CCc1ccsc1C(=O)C(C#N)c1cccc(Cl)c1F. The van der Waals surface area contributed by atoms with E-state index < -0.39 is 11.7 Å². The van der Waals surface area contributed by atoms with Crippen molar-refractivity contribution in [1.29, 1.82) is 5.26 Å². The van der Waals surface area contributed by atoms with E-state index in [1.807, 2.05) is 19.1 Å². The molecule has 0 saturated heterocycles. The lowest BCUT2D eigenvalue weighted by Gasteiger charge is -2.10. The van der Waals surface area contributed by atoms with Crippen LogP contribution in [0.1, 0.15) is 33.6 Å². The van der Waals surface area contributed by atoms with Crippen molar-refractivity contribution in [2.75, 3.05) is 0 Å². The Kier molecular flexibility index (Phi) is 4.53. The number of benzene rings is 1. The summed E-state index contributed by atoms with van der Waals surface area (Å²) in [7, 11) is 0. The van der Waals surface area contributed by atoms with Gasteiger partial charge in [0.15, 0.2) is 5.78 Å². The standard InChI is InChI=1S/C15H11ClFNOS/c1-2-9-6-7-20-15(9)14(19)11(8-18)10-4-3-5-12(16)13(10)17/h3-7,11H,2H2,1H3. The summed E-state index contributed by atoms with van der Waals surface area (Å²) in [5.41, 5.74) is 0.906. The zero-order valence-electron chi connectivity index (χ0n) is 10.7. The summed E-state index contributed by atoms with van der Waals surface area (Å²) >= 11 is 6.98. The van der Waals surface area contributed by atoms with Gasteiger partial charge in [0, 0.05) is 5.56 Å². The van der Waals surface area contributed by atoms with Gasteiger partial charge in [-0.3, -0.25) is 4.79 Å². The maximum atomic E-state index is 14.0. The molecule has 0 aliphatic carbocycles. The van der Waals surface area contributed by atoms with Crippen molar-refractivity contribution >= 4 is 28.7 Å². The lowest BCUT2D eigenvalue weighted by molar-refractivity contribution is 0.0980. The van der Waals surface area contributed by atoms with Crippen LogP contribution < -0.4 is 0 Å². The summed E-state index contributed by atoms with van der Waals surface area (Å²) in [6, 6.07) is 8.08. The number of nitrogens with zero attached hydrogens (tertiary/aromatic N) is 1. The normalized spacial score (nSPS) is 11.9. The van der Waals surface area contributed by atoms with E-state index in [9.17, 15) is 14.4 Å². The molecule has 102 valence electrons. The molecule has 1 heterocycles. The minimum atomic E-state index is -1.17. The van der Waals surface area contributed by atoms with E-state index >= 15 is 0 Å². The number of Topliss-reactive ketones (excluding diaryl/α,β-unsaturated/α-hetero) is 1. The maximum absolute atomic E-state index is 14.0. The minimum absolute atomic E-state index is 0.0282. The molecular formula is C15H11ClFNOS. The average molecular weight is 308 g/mol. The Morgan fingerprint density at radius 1 is 1.50 bits per heavy atom. The highest BCUT2D eigenvalue weighted by Crippen LogP contribution is 2.30. The summed E-state index contributed by atoms with van der Waals surface area (Å²) in [5, 5.41) is 11.0. The van der Waals surface area contributed by atoms with Gasteiger partial charge in [-0.15, -0.1) is 11.3 Å². The van der Waals surface area contributed by atoms with Crippen LogP contribution in [0.2, 0.25) is 5.02 Å². The number of carbonyl (C=O) groups excluding carboxylic acids is 1. The fourth-order valence-electron chi connectivity index (χ4n) is 1.97. The zero-order chi connectivity index (χ0) is 14.7. The summed E-state index contributed by atoms with van der Waals surface area (Å²) in [5.74, 6) is -2.25. The lowest BCUT2D eigenvalue weighted by atomic mass is 9.93. The van der Waals surface area contributed by atoms with Gasteiger partial charge >= 0.3 is 0 Å². The van der Waals surface area contributed by atoms with E-state index in [0.717, 1.165) is 5.56 Å². The molecule has 1 unspecified atom stereocenters. The molecule has 1 atom stereocenters. The monoisotopic (exact) mass is 307 g/mol. The minimum Gasteiger partial charge on any atom is -0.291 e. The number of carbonyl (C=O) groups is 1. The van der Waals surface area contributed by atoms with Crippen LogP contribution in [0.15, 0.2) is 29.6 Å². The van der Waals surface area contributed by atoms with Gasteiger partial charge < -0.3 is 0 Å². The number of hydrogen-bond donors (Lipinski definition) is 0. The molecule has 0 spiro atoms. The number of ketones is 1. The van der Waals surface area contributed by atoms with E-state index in [4.69, 9.17) is 11.6 Å². The van der Waals surface area contributed by atoms with Crippen LogP contribution >= 0.6 is 22.9 Å². The highest BCUT2D eigenvalue weighted by Gasteiger charge is 2.27. The van der Waals surface area contributed by atoms with Gasteiger partial charge in [0.25, 0.3) is 0 Å². The third-order valence-electron chi connectivity index (χ3n) is 3.04. The Balaban J connectivity index is 2.46. The Morgan fingerprint density at radius 3 is 2.90 bits per heavy atom. The Morgan fingerprint density at radius 2 is 2.25 bits per heavy atom. The summed E-state index contributed by atoms with van der Waals surface area (Å²) in [6.07, 6.45) is 0.695. The molecule has 20 heavy (non-hydrogen) atoms. The van der Waals surface area contributed by atoms with E-state index in [1.54, 1.807) is 5.38 Å². The third-order valence-corrected chi connectivity index (χ3v) is 4.30. The van der Waals surface area contributed by atoms with Crippen LogP contribution in [0.4, 0.5) is 4.39 Å². The predicted octanol–water partition coefficient (Wildman–Crippen LogP) is 4.59. The second-order valence-electron chi connectivity index (χ2n) is 4.20. The van der Waals surface area contributed by atoms with Crippen LogP contribution in [0.5, 0.6) is 0 Å². The highest BCUT2D eigenvalue weighted by atomic mass is 35.5. The number of thiophene rings is 1. The van der Waals surface area contributed by atoms with Crippen LogP contribution in [-0.4, -0.2) is 5.78 Å². The van der Waals surface area contributed by atoms with Crippen molar-refractivity contribution < 1.29 is 9.18 Å². The summed E-state index contributed by atoms with van der Waals surface area (Å²) in [4.78, 5) is 13.0. The van der Waals surface area contributed by atoms with Crippen molar-refractivity contribution in [3.8, 4) is 6.07 Å². The highest BCUT2D eigenvalue weighted by molar-refractivity contribution is 7.12. The molecule has 2 aromatic rings. The quantitative estimate of drug-likeness (QED) is 0.775. The van der Waals surface area contributed by atoms with E-state index in [1.165, 1.54) is 29.5 Å². The van der Waals surface area contributed by atoms with E-state index in [-0.39, 0.29) is 16.4 Å². The first-order valence-corrected chi connectivity index (χ1v) is 7.30. The molecular weight excluding hydrogens is 297 g/mol. The van der Waals surface area contributed by atoms with Crippen LogP contribution in [-0.2, 0) is 6.42 Å². The topological polar surface area (TPSA) is 40.9 Å². The number of rotatable bonds is 4. The van der Waals surface area contributed by atoms with Gasteiger partial charge in [0.1, 0.15) is 11.7 Å². The molecule has 0 fully saturated rings. The Labute approximate surface area is 125 Å². The van der Waals surface area contributed by atoms with Crippen molar-refractivity contribution in [3.05, 3.63) is 56.5 Å². The van der Waals surface area contributed by atoms with Gasteiger partial charge in [0.2, 0.25) is 0 Å². The molecule has 2 nitrogen and oxygen atoms in total. The number of aryl methyl sites for hydroxylation is 1. The van der Waals surface area contributed by atoms with Gasteiger partial charge in [0.05, 0.1) is 16.0 Å². The number of nitriles is 1. The zero-order valence-corrected chi connectivity index (χ0v) is 12.3. The molecule has 0 amide bonds. The fourth-order valence-corrected chi connectivity index (χ4v) is 3.12. The second-order valence-corrected chi connectivity index (χ2v) is 5.52. The Hall–Kier alpha value is -1.70. The lowest BCUT2D eigenvalue weighted by Crippen LogP contribution is -2.13. The van der Waals surface area contributed by atoms with Gasteiger partial charge in [-0.25, -0.2) is 4.39 Å². The number of hydrogen-bond acceptors (Lipinski definition) is 3. The van der Waals surface area contributed by atoms with Gasteiger partial charge in [-0.1, -0.05) is 30.7 Å². The molecule has 0 radical (unpaired) electrons. The van der Waals surface area contributed by atoms with Crippen molar-refractivity contribution in [1.82, 2.24) is 0 Å². The Bertz CT molecular complexity index is 689. The molecule has 0 bridgehead atoms. The van der Waals surface area contributed by atoms with Crippen molar-refractivity contribution in [2.24, 2.45) is 0 Å². The first-order chi connectivity index (χ1) is 9.60.